The Bertz CT molecular complexity index is 400. The summed E-state index contributed by atoms with van der Waals surface area (Å²) >= 11 is 11.0. The molecule has 1 aromatic rings. The third-order valence-corrected chi connectivity index (χ3v) is 2.17. The largest absolute Gasteiger partial charge is 0.461 e. The van der Waals surface area contributed by atoms with Crippen LogP contribution in [0.4, 0.5) is 23.2 Å². The van der Waals surface area contributed by atoms with E-state index < -0.39 is 18.3 Å². The van der Waals surface area contributed by atoms with E-state index in [1.165, 1.54) is 0 Å². The third-order valence-electron chi connectivity index (χ3n) is 1.55. The van der Waals surface area contributed by atoms with E-state index in [4.69, 9.17) is 28.9 Å². The van der Waals surface area contributed by atoms with Crippen molar-refractivity contribution in [1.29, 1.82) is 0 Å². The summed E-state index contributed by atoms with van der Waals surface area (Å²) in [5, 5.41) is -0.322. The Hall–Kier alpha value is -0.880. The van der Waals surface area contributed by atoms with Crippen molar-refractivity contribution < 1.29 is 22.3 Å². The predicted octanol–water partition coefficient (Wildman–Crippen LogP) is 3.81. The van der Waals surface area contributed by atoms with Crippen molar-refractivity contribution >= 4 is 28.9 Å². The molecule has 0 heterocycles. The van der Waals surface area contributed by atoms with Crippen LogP contribution in [0.15, 0.2) is 12.1 Å². The van der Waals surface area contributed by atoms with Crippen molar-refractivity contribution in [1.82, 2.24) is 0 Å². The maximum Gasteiger partial charge on any atom is 0.461 e. The number of hydrogen-bond donors (Lipinski definition) is 1. The Morgan fingerprint density at radius 3 is 2.25 bits per heavy atom. The molecule has 1 rings (SSSR count). The van der Waals surface area contributed by atoms with E-state index >= 15 is 0 Å². The minimum atomic E-state index is -4.64. The first-order valence-corrected chi connectivity index (χ1v) is 4.59. The summed E-state index contributed by atoms with van der Waals surface area (Å²) in [6.07, 6.45) is -8.61. The predicted molar refractivity (Wildman–Crippen MR) is 52.5 cm³/mol. The summed E-state index contributed by atoms with van der Waals surface area (Å²) in [6.45, 7) is 0. The number of hydrogen-bond acceptors (Lipinski definition) is 2. The standard InChI is InChI=1S/C8H5Cl2F4NO/c9-3-1-4(10)6(2-5(3)15)16-8(13,14)7(11)12/h1-2,7H,15H2. The molecular weight excluding hydrogens is 273 g/mol. The van der Waals surface area contributed by atoms with Gasteiger partial charge in [-0.15, -0.1) is 0 Å². The first-order chi connectivity index (χ1) is 7.24. The Labute approximate surface area is 97.9 Å². The highest BCUT2D eigenvalue weighted by Gasteiger charge is 2.44. The van der Waals surface area contributed by atoms with Crippen molar-refractivity contribution in [3.63, 3.8) is 0 Å². The summed E-state index contributed by atoms with van der Waals surface area (Å²) in [5.74, 6) is -0.658. The van der Waals surface area contributed by atoms with E-state index in [2.05, 4.69) is 4.74 Å². The molecule has 0 fully saturated rings. The van der Waals surface area contributed by atoms with Crippen LogP contribution in [0.3, 0.4) is 0 Å². The van der Waals surface area contributed by atoms with Crippen LogP contribution in [0.5, 0.6) is 5.75 Å². The molecule has 90 valence electrons. The van der Waals surface area contributed by atoms with Gasteiger partial charge in [-0.05, 0) is 6.07 Å². The zero-order valence-corrected chi connectivity index (χ0v) is 9.00. The van der Waals surface area contributed by atoms with Crippen molar-refractivity contribution in [3.05, 3.63) is 22.2 Å². The molecule has 0 amide bonds. The Kier molecular flexibility index (Phi) is 3.75. The lowest BCUT2D eigenvalue weighted by molar-refractivity contribution is -0.253. The SMILES string of the molecule is Nc1cc(OC(F)(F)C(F)F)c(Cl)cc1Cl. The highest BCUT2D eigenvalue weighted by atomic mass is 35.5. The summed E-state index contributed by atoms with van der Waals surface area (Å²) < 4.78 is 52.5. The Morgan fingerprint density at radius 1 is 1.19 bits per heavy atom. The minimum absolute atomic E-state index is 0.0118. The number of halogens is 6. The summed E-state index contributed by atoms with van der Waals surface area (Å²) in [4.78, 5) is 0. The molecule has 0 unspecified atom stereocenters. The van der Waals surface area contributed by atoms with Crippen molar-refractivity contribution in [2.24, 2.45) is 0 Å². The van der Waals surface area contributed by atoms with E-state index in [9.17, 15) is 17.6 Å². The first-order valence-electron chi connectivity index (χ1n) is 3.83. The van der Waals surface area contributed by atoms with Gasteiger partial charge in [0.1, 0.15) is 5.75 Å². The molecule has 0 aliphatic rings. The van der Waals surface area contributed by atoms with E-state index in [-0.39, 0.29) is 15.7 Å². The fourth-order valence-corrected chi connectivity index (χ4v) is 1.24. The molecule has 0 aliphatic heterocycles. The van der Waals surface area contributed by atoms with Gasteiger partial charge in [-0.1, -0.05) is 23.2 Å². The number of alkyl halides is 4. The molecule has 0 radical (unpaired) electrons. The average Bonchev–Trinajstić information content (AvgIpc) is 2.13. The van der Waals surface area contributed by atoms with Gasteiger partial charge in [0.05, 0.1) is 15.7 Å². The molecule has 0 atom stereocenters. The first kappa shape index (κ1) is 13.2. The molecular formula is C8H5Cl2F4NO. The normalized spacial score (nSPS) is 11.9. The second kappa shape index (κ2) is 4.55. The zero-order valence-electron chi connectivity index (χ0n) is 7.49. The number of ether oxygens (including phenoxy) is 1. The molecule has 8 heteroatoms. The zero-order chi connectivity index (χ0) is 12.5. The minimum Gasteiger partial charge on any atom is -0.427 e. The van der Waals surface area contributed by atoms with Crippen LogP contribution in [-0.2, 0) is 0 Å². The number of nitrogens with two attached hydrogens (primary N) is 1. The molecule has 16 heavy (non-hydrogen) atoms. The van der Waals surface area contributed by atoms with E-state index in [1.807, 2.05) is 0 Å². The molecule has 2 nitrogen and oxygen atoms in total. The maximum atomic E-state index is 12.5. The molecule has 2 N–H and O–H groups in total. The topological polar surface area (TPSA) is 35.2 Å². The molecule has 0 saturated heterocycles. The molecule has 1 aromatic carbocycles. The summed E-state index contributed by atoms with van der Waals surface area (Å²) in [6, 6.07) is 1.87. The van der Waals surface area contributed by atoms with Gasteiger partial charge < -0.3 is 10.5 Å². The van der Waals surface area contributed by atoms with E-state index in [0.29, 0.717) is 0 Å². The van der Waals surface area contributed by atoms with Gasteiger partial charge in [0, 0.05) is 6.07 Å². The van der Waals surface area contributed by atoms with Crippen LogP contribution in [0.25, 0.3) is 0 Å². The lowest BCUT2D eigenvalue weighted by Gasteiger charge is -2.18. The quantitative estimate of drug-likeness (QED) is 0.674. The van der Waals surface area contributed by atoms with Gasteiger partial charge in [-0.25, -0.2) is 0 Å². The van der Waals surface area contributed by atoms with Crippen LogP contribution in [-0.4, -0.2) is 12.5 Å². The van der Waals surface area contributed by atoms with Crippen LogP contribution >= 0.6 is 23.2 Å². The Balaban J connectivity index is 3.02. The highest BCUT2D eigenvalue weighted by molar-refractivity contribution is 6.37. The van der Waals surface area contributed by atoms with Crippen molar-refractivity contribution in [2.75, 3.05) is 5.73 Å². The smallest absolute Gasteiger partial charge is 0.427 e. The van der Waals surface area contributed by atoms with Crippen molar-refractivity contribution in [3.8, 4) is 5.75 Å². The second-order valence-corrected chi connectivity index (χ2v) is 3.58. The third kappa shape index (κ3) is 2.82. The van der Waals surface area contributed by atoms with Gasteiger partial charge in [0.25, 0.3) is 0 Å². The van der Waals surface area contributed by atoms with Gasteiger partial charge in [0.15, 0.2) is 0 Å². The van der Waals surface area contributed by atoms with E-state index in [0.717, 1.165) is 12.1 Å². The van der Waals surface area contributed by atoms with Crippen LogP contribution < -0.4 is 10.5 Å². The number of nitrogen functional groups attached to an aromatic ring is 1. The molecule has 0 aromatic heterocycles. The molecule has 0 aliphatic carbocycles. The Morgan fingerprint density at radius 2 is 1.75 bits per heavy atom. The monoisotopic (exact) mass is 277 g/mol. The summed E-state index contributed by atoms with van der Waals surface area (Å²) in [5.41, 5.74) is 5.18. The maximum absolute atomic E-state index is 12.5. The molecule has 0 saturated carbocycles. The van der Waals surface area contributed by atoms with Gasteiger partial charge >= 0.3 is 12.5 Å². The molecule has 0 bridgehead atoms. The van der Waals surface area contributed by atoms with E-state index in [1.54, 1.807) is 0 Å². The summed E-state index contributed by atoms with van der Waals surface area (Å²) in [7, 11) is 0. The molecule has 0 spiro atoms. The fraction of sp³-hybridized carbons (Fsp3) is 0.250. The van der Waals surface area contributed by atoms with Gasteiger partial charge in [-0.3, -0.25) is 0 Å². The number of rotatable bonds is 3. The van der Waals surface area contributed by atoms with Crippen molar-refractivity contribution in [2.45, 2.75) is 12.5 Å². The van der Waals surface area contributed by atoms with Crippen LogP contribution in [0.1, 0.15) is 0 Å². The number of anilines is 1. The average molecular weight is 278 g/mol. The van der Waals surface area contributed by atoms with Crippen LogP contribution in [0.2, 0.25) is 10.0 Å². The van der Waals surface area contributed by atoms with Gasteiger partial charge in [-0.2, -0.15) is 17.6 Å². The fourth-order valence-electron chi connectivity index (χ4n) is 0.814. The lowest BCUT2D eigenvalue weighted by Crippen LogP contribution is -2.33. The second-order valence-electron chi connectivity index (χ2n) is 2.77. The lowest BCUT2D eigenvalue weighted by atomic mass is 10.3. The van der Waals surface area contributed by atoms with Crippen LogP contribution in [0, 0.1) is 0 Å². The number of benzene rings is 1. The van der Waals surface area contributed by atoms with Gasteiger partial charge in [0.2, 0.25) is 0 Å². The highest BCUT2D eigenvalue weighted by Crippen LogP contribution is 2.36.